The Labute approximate surface area is 204 Å². The number of carbonyl (C=O) groups is 1. The van der Waals surface area contributed by atoms with E-state index >= 15 is 0 Å². The molecule has 0 spiro atoms. The second-order valence-electron chi connectivity index (χ2n) is 8.70. The SMILES string of the molecule is Cc1ccccc1-c1noc([C@H]2CCCN2C(=O)c2ccc(CS(=O)(=O)c3ccccc3)cc2)n1. The number of hydrogen-bond acceptors (Lipinski definition) is 6. The van der Waals surface area contributed by atoms with Gasteiger partial charge in [-0.25, -0.2) is 8.42 Å². The monoisotopic (exact) mass is 487 g/mol. The van der Waals surface area contributed by atoms with E-state index in [0.29, 0.717) is 29.4 Å². The predicted octanol–water partition coefficient (Wildman–Crippen LogP) is 5.00. The molecule has 1 fully saturated rings. The molecular weight excluding hydrogens is 462 g/mol. The van der Waals surface area contributed by atoms with Crippen LogP contribution in [0.2, 0.25) is 0 Å². The van der Waals surface area contributed by atoms with E-state index in [1.807, 2.05) is 31.2 Å². The summed E-state index contributed by atoms with van der Waals surface area (Å²) in [4.78, 5) is 19.9. The molecular formula is C27H25N3O4S. The molecule has 0 saturated carbocycles. The van der Waals surface area contributed by atoms with E-state index in [1.54, 1.807) is 59.5 Å². The lowest BCUT2D eigenvalue weighted by atomic mass is 10.1. The fraction of sp³-hybridized carbons (Fsp3) is 0.222. The van der Waals surface area contributed by atoms with Crippen LogP contribution >= 0.6 is 0 Å². The zero-order chi connectivity index (χ0) is 24.4. The fourth-order valence-electron chi connectivity index (χ4n) is 4.41. The lowest BCUT2D eigenvalue weighted by molar-refractivity contribution is 0.0710. The average molecular weight is 488 g/mol. The van der Waals surface area contributed by atoms with Gasteiger partial charge in [0.25, 0.3) is 5.91 Å². The van der Waals surface area contributed by atoms with Gasteiger partial charge in [0, 0.05) is 17.7 Å². The van der Waals surface area contributed by atoms with Crippen LogP contribution in [0.5, 0.6) is 0 Å². The van der Waals surface area contributed by atoms with Crippen molar-refractivity contribution in [2.75, 3.05) is 6.54 Å². The summed E-state index contributed by atoms with van der Waals surface area (Å²) in [5, 5.41) is 4.15. The van der Waals surface area contributed by atoms with Crippen LogP contribution in [0.1, 0.15) is 46.3 Å². The summed E-state index contributed by atoms with van der Waals surface area (Å²) in [6.45, 7) is 2.58. The van der Waals surface area contributed by atoms with Gasteiger partial charge in [0.1, 0.15) is 6.04 Å². The minimum atomic E-state index is -3.45. The van der Waals surface area contributed by atoms with Crippen LogP contribution in [0.25, 0.3) is 11.4 Å². The van der Waals surface area contributed by atoms with Crippen LogP contribution in [0.15, 0.2) is 88.3 Å². The molecule has 3 aromatic carbocycles. The molecule has 7 nitrogen and oxygen atoms in total. The fourth-order valence-corrected chi connectivity index (χ4v) is 5.78. The number of benzene rings is 3. The van der Waals surface area contributed by atoms with Gasteiger partial charge in [0.05, 0.1) is 10.6 Å². The number of hydrogen-bond donors (Lipinski definition) is 0. The van der Waals surface area contributed by atoms with E-state index in [1.165, 1.54) is 0 Å². The standard InChI is InChI=1S/C27H25N3O4S/c1-19-8-5-6-11-23(19)25-28-26(34-29-25)24-12-7-17-30(24)27(31)21-15-13-20(14-16-21)18-35(32,33)22-9-3-2-4-10-22/h2-6,8-11,13-16,24H,7,12,17-18H2,1H3/t24-/m1/s1. The van der Waals surface area contributed by atoms with Crippen LogP contribution in [-0.4, -0.2) is 35.9 Å². The second-order valence-corrected chi connectivity index (χ2v) is 10.7. The van der Waals surface area contributed by atoms with Gasteiger partial charge in [0.2, 0.25) is 11.7 Å². The topological polar surface area (TPSA) is 93.4 Å². The Kier molecular flexibility index (Phi) is 6.21. The van der Waals surface area contributed by atoms with Crippen LogP contribution in [-0.2, 0) is 15.6 Å². The van der Waals surface area contributed by atoms with Gasteiger partial charge in [0.15, 0.2) is 9.84 Å². The number of aromatic nitrogens is 2. The number of rotatable bonds is 6. The van der Waals surface area contributed by atoms with Crippen molar-refractivity contribution in [3.05, 3.63) is 101 Å². The first-order valence-corrected chi connectivity index (χ1v) is 13.1. The quantitative estimate of drug-likeness (QED) is 0.380. The molecule has 1 saturated heterocycles. The zero-order valence-corrected chi connectivity index (χ0v) is 20.1. The van der Waals surface area contributed by atoms with Crippen molar-refractivity contribution >= 4 is 15.7 Å². The molecule has 4 aromatic rings. The molecule has 1 atom stereocenters. The maximum absolute atomic E-state index is 13.3. The van der Waals surface area contributed by atoms with Crippen molar-refractivity contribution in [2.45, 2.75) is 36.5 Å². The number of aryl methyl sites for hydroxylation is 1. The maximum atomic E-state index is 13.3. The van der Waals surface area contributed by atoms with Crippen molar-refractivity contribution in [3.63, 3.8) is 0 Å². The zero-order valence-electron chi connectivity index (χ0n) is 19.3. The Balaban J connectivity index is 1.32. The molecule has 178 valence electrons. The highest BCUT2D eigenvalue weighted by Gasteiger charge is 2.34. The molecule has 8 heteroatoms. The van der Waals surface area contributed by atoms with Crippen LogP contribution in [0.4, 0.5) is 0 Å². The highest BCUT2D eigenvalue weighted by molar-refractivity contribution is 7.90. The Morgan fingerprint density at radius 1 is 1.00 bits per heavy atom. The van der Waals surface area contributed by atoms with Crippen molar-refractivity contribution in [1.29, 1.82) is 0 Å². The molecule has 0 unspecified atom stereocenters. The van der Waals surface area contributed by atoms with Gasteiger partial charge in [-0.15, -0.1) is 0 Å². The molecule has 5 rings (SSSR count). The lowest BCUT2D eigenvalue weighted by Crippen LogP contribution is -2.30. The highest BCUT2D eigenvalue weighted by Crippen LogP contribution is 2.33. The first kappa shape index (κ1) is 23.0. The summed E-state index contributed by atoms with van der Waals surface area (Å²) >= 11 is 0. The lowest BCUT2D eigenvalue weighted by Gasteiger charge is -2.22. The average Bonchev–Trinajstić information content (AvgIpc) is 3.55. The maximum Gasteiger partial charge on any atom is 0.254 e. The third kappa shape index (κ3) is 4.74. The number of carbonyl (C=O) groups excluding carboxylic acids is 1. The van der Waals surface area contributed by atoms with E-state index in [2.05, 4.69) is 10.1 Å². The van der Waals surface area contributed by atoms with Crippen molar-refractivity contribution < 1.29 is 17.7 Å². The van der Waals surface area contributed by atoms with E-state index in [0.717, 1.165) is 24.0 Å². The third-order valence-corrected chi connectivity index (χ3v) is 7.99. The molecule has 2 heterocycles. The summed E-state index contributed by atoms with van der Waals surface area (Å²) in [6.07, 6.45) is 1.58. The minimum absolute atomic E-state index is 0.124. The minimum Gasteiger partial charge on any atom is -0.337 e. The molecule has 0 aliphatic carbocycles. The van der Waals surface area contributed by atoms with Gasteiger partial charge in [-0.1, -0.05) is 59.8 Å². The molecule has 1 aliphatic heterocycles. The summed E-state index contributed by atoms with van der Waals surface area (Å²) in [6, 6.07) is 22.7. The van der Waals surface area contributed by atoms with Crippen LogP contribution in [0, 0.1) is 6.92 Å². The summed E-state index contributed by atoms with van der Waals surface area (Å²) < 4.78 is 30.9. The molecule has 0 N–H and O–H groups in total. The summed E-state index contributed by atoms with van der Waals surface area (Å²) in [5.74, 6) is 0.684. The normalized spacial score (nSPS) is 15.9. The van der Waals surface area contributed by atoms with Crippen molar-refractivity contribution in [2.24, 2.45) is 0 Å². The largest absolute Gasteiger partial charge is 0.337 e. The number of sulfone groups is 1. The summed E-state index contributed by atoms with van der Waals surface area (Å²) in [7, 11) is -3.45. The first-order valence-electron chi connectivity index (χ1n) is 11.5. The molecule has 1 aliphatic rings. The van der Waals surface area contributed by atoms with Gasteiger partial charge < -0.3 is 9.42 Å². The number of amides is 1. The van der Waals surface area contributed by atoms with E-state index in [-0.39, 0.29) is 22.6 Å². The van der Waals surface area contributed by atoms with Crippen molar-refractivity contribution in [1.82, 2.24) is 15.0 Å². The molecule has 1 aromatic heterocycles. The van der Waals surface area contributed by atoms with E-state index < -0.39 is 9.84 Å². The Hall–Kier alpha value is -3.78. The first-order chi connectivity index (χ1) is 16.9. The van der Waals surface area contributed by atoms with E-state index in [9.17, 15) is 13.2 Å². The Bertz CT molecular complexity index is 1450. The Morgan fingerprint density at radius 2 is 1.71 bits per heavy atom. The molecule has 1 amide bonds. The van der Waals surface area contributed by atoms with Gasteiger partial charge in [-0.05, 0) is 55.2 Å². The van der Waals surface area contributed by atoms with Crippen LogP contribution < -0.4 is 0 Å². The second kappa shape index (κ2) is 9.46. The van der Waals surface area contributed by atoms with Gasteiger partial charge >= 0.3 is 0 Å². The highest BCUT2D eigenvalue weighted by atomic mass is 32.2. The molecule has 0 radical (unpaired) electrons. The van der Waals surface area contributed by atoms with Crippen LogP contribution in [0.3, 0.4) is 0 Å². The molecule has 35 heavy (non-hydrogen) atoms. The number of nitrogens with zero attached hydrogens (tertiary/aromatic N) is 3. The Morgan fingerprint density at radius 3 is 2.46 bits per heavy atom. The third-order valence-electron chi connectivity index (χ3n) is 6.29. The molecule has 0 bridgehead atoms. The van der Waals surface area contributed by atoms with E-state index in [4.69, 9.17) is 4.52 Å². The van der Waals surface area contributed by atoms with Crippen molar-refractivity contribution in [3.8, 4) is 11.4 Å². The number of likely N-dealkylation sites (tertiary alicyclic amines) is 1. The van der Waals surface area contributed by atoms with Gasteiger partial charge in [-0.3, -0.25) is 4.79 Å². The predicted molar refractivity (Wildman–Crippen MR) is 131 cm³/mol. The van der Waals surface area contributed by atoms with Gasteiger partial charge in [-0.2, -0.15) is 4.98 Å². The smallest absolute Gasteiger partial charge is 0.254 e. The summed E-state index contributed by atoms with van der Waals surface area (Å²) in [5.41, 5.74) is 3.08.